The number of Topliss-reactive ketones (excluding diaryl/α,β-unsaturated/α-hetero) is 1. The van der Waals surface area contributed by atoms with Gasteiger partial charge in [0.2, 0.25) is 11.8 Å². The van der Waals surface area contributed by atoms with E-state index < -0.39 is 17.6 Å². The van der Waals surface area contributed by atoms with E-state index in [1.807, 2.05) is 0 Å². The molecular formula is C15H12FN3O4. The molecule has 1 aromatic carbocycles. The Labute approximate surface area is 129 Å². The highest BCUT2D eigenvalue weighted by Crippen LogP contribution is 2.34. The van der Waals surface area contributed by atoms with Crippen molar-refractivity contribution in [1.29, 1.82) is 0 Å². The van der Waals surface area contributed by atoms with Crippen LogP contribution in [0.25, 0.3) is 11.0 Å². The van der Waals surface area contributed by atoms with Crippen molar-refractivity contribution in [3.05, 3.63) is 23.6 Å². The topological polar surface area (TPSA) is 92.5 Å². The summed E-state index contributed by atoms with van der Waals surface area (Å²) in [6, 6.07) is 2.75. The molecule has 4 rings (SSSR count). The molecule has 1 atom stereocenters. The van der Waals surface area contributed by atoms with Crippen LogP contribution in [0.2, 0.25) is 0 Å². The van der Waals surface area contributed by atoms with E-state index in [1.165, 1.54) is 12.1 Å². The number of ketones is 1. The second kappa shape index (κ2) is 4.87. The van der Waals surface area contributed by atoms with Gasteiger partial charge in [-0.1, -0.05) is 5.16 Å². The fraction of sp³-hybridized carbons (Fsp3) is 0.333. The molecule has 2 aliphatic heterocycles. The summed E-state index contributed by atoms with van der Waals surface area (Å²) in [5, 5.41) is 6.56. The lowest BCUT2D eigenvalue weighted by Gasteiger charge is -2.31. The molecular weight excluding hydrogens is 305 g/mol. The van der Waals surface area contributed by atoms with Gasteiger partial charge in [-0.3, -0.25) is 19.7 Å². The van der Waals surface area contributed by atoms with Gasteiger partial charge in [0.1, 0.15) is 11.5 Å². The molecule has 2 saturated heterocycles. The summed E-state index contributed by atoms with van der Waals surface area (Å²) in [4.78, 5) is 35.8. The first-order chi connectivity index (χ1) is 11.0. The third-order valence-corrected chi connectivity index (χ3v) is 4.21. The molecule has 2 aliphatic rings. The van der Waals surface area contributed by atoms with Crippen molar-refractivity contribution in [1.82, 2.24) is 10.5 Å². The quantitative estimate of drug-likeness (QED) is 0.827. The van der Waals surface area contributed by atoms with Crippen molar-refractivity contribution in [2.24, 2.45) is 0 Å². The zero-order valence-corrected chi connectivity index (χ0v) is 12.0. The summed E-state index contributed by atoms with van der Waals surface area (Å²) in [6.07, 6.45) is 0.525. The van der Waals surface area contributed by atoms with Crippen molar-refractivity contribution >= 4 is 34.3 Å². The Morgan fingerprint density at radius 2 is 2.04 bits per heavy atom. The smallest absolute Gasteiger partial charge is 0.235 e. The molecule has 0 aliphatic carbocycles. The minimum Gasteiger partial charge on any atom is -0.356 e. The third kappa shape index (κ3) is 2.18. The standard InChI is InChI=1S/C15H12FN3O4/c16-10-3-9-12(4-11(10)19-5-7(20)6-19)23-18-14(9)8-1-2-13(21)17-15(8)22/h3-4,8H,1-2,5-6H2,(H,17,21,22). The number of rotatable bonds is 2. The number of hydrogen-bond donors (Lipinski definition) is 1. The van der Waals surface area contributed by atoms with E-state index in [0.717, 1.165) is 0 Å². The lowest BCUT2D eigenvalue weighted by Crippen LogP contribution is -2.47. The zero-order chi connectivity index (χ0) is 16.1. The highest BCUT2D eigenvalue weighted by molar-refractivity contribution is 6.02. The fourth-order valence-corrected chi connectivity index (χ4v) is 2.96. The summed E-state index contributed by atoms with van der Waals surface area (Å²) in [5.41, 5.74) is 0.957. The summed E-state index contributed by atoms with van der Waals surface area (Å²) >= 11 is 0. The Morgan fingerprint density at radius 1 is 1.26 bits per heavy atom. The minimum atomic E-state index is -0.634. The van der Waals surface area contributed by atoms with Crippen LogP contribution in [-0.4, -0.2) is 35.8 Å². The number of nitrogens with one attached hydrogen (secondary N) is 1. The molecule has 0 radical (unpaired) electrons. The highest BCUT2D eigenvalue weighted by atomic mass is 19.1. The Balaban J connectivity index is 1.72. The van der Waals surface area contributed by atoms with Gasteiger partial charge in [0.05, 0.1) is 24.7 Å². The molecule has 0 saturated carbocycles. The molecule has 2 amide bonds. The van der Waals surface area contributed by atoms with E-state index in [9.17, 15) is 18.8 Å². The lowest BCUT2D eigenvalue weighted by atomic mass is 9.92. The van der Waals surface area contributed by atoms with Crippen LogP contribution in [0.1, 0.15) is 24.5 Å². The summed E-state index contributed by atoms with van der Waals surface area (Å²) in [7, 11) is 0. The molecule has 0 spiro atoms. The molecule has 118 valence electrons. The number of carbonyl (C=O) groups excluding carboxylic acids is 3. The Bertz CT molecular complexity index is 852. The van der Waals surface area contributed by atoms with Crippen LogP contribution in [0.5, 0.6) is 0 Å². The molecule has 0 bridgehead atoms. The number of aromatic nitrogens is 1. The van der Waals surface area contributed by atoms with Crippen LogP contribution in [-0.2, 0) is 14.4 Å². The normalized spacial score (nSPS) is 21.5. The number of fused-ring (bicyclic) bond motifs is 1. The van der Waals surface area contributed by atoms with E-state index in [2.05, 4.69) is 10.5 Å². The SMILES string of the molecule is O=C1CN(c2cc3onc(C4CCC(=O)NC4=O)c3cc2F)C1. The van der Waals surface area contributed by atoms with Gasteiger partial charge >= 0.3 is 0 Å². The minimum absolute atomic E-state index is 0.0475. The second-order valence-electron chi connectivity index (χ2n) is 5.77. The Morgan fingerprint density at radius 3 is 2.74 bits per heavy atom. The van der Waals surface area contributed by atoms with Crippen LogP contribution in [0, 0.1) is 5.82 Å². The predicted octanol–water partition coefficient (Wildman–Crippen LogP) is 0.876. The van der Waals surface area contributed by atoms with Crippen LogP contribution in [0.3, 0.4) is 0 Å². The monoisotopic (exact) mass is 317 g/mol. The second-order valence-corrected chi connectivity index (χ2v) is 5.77. The van der Waals surface area contributed by atoms with Crippen molar-refractivity contribution in [3.8, 4) is 0 Å². The van der Waals surface area contributed by atoms with Gasteiger partial charge in [-0.25, -0.2) is 4.39 Å². The molecule has 2 fully saturated rings. The maximum Gasteiger partial charge on any atom is 0.235 e. The maximum atomic E-state index is 14.3. The molecule has 1 N–H and O–H groups in total. The number of benzene rings is 1. The average molecular weight is 317 g/mol. The van der Waals surface area contributed by atoms with E-state index in [-0.39, 0.29) is 36.9 Å². The predicted molar refractivity (Wildman–Crippen MR) is 76.3 cm³/mol. The number of nitrogens with zero attached hydrogens (tertiary/aromatic N) is 2. The lowest BCUT2D eigenvalue weighted by molar-refractivity contribution is -0.134. The van der Waals surface area contributed by atoms with Gasteiger partial charge < -0.3 is 9.42 Å². The first kappa shape index (κ1) is 13.9. The van der Waals surface area contributed by atoms with Crippen molar-refractivity contribution < 1.29 is 23.3 Å². The molecule has 1 aromatic heterocycles. The van der Waals surface area contributed by atoms with Crippen LogP contribution in [0.15, 0.2) is 16.7 Å². The summed E-state index contributed by atoms with van der Waals surface area (Å²) < 4.78 is 19.6. The largest absolute Gasteiger partial charge is 0.356 e. The first-order valence-electron chi connectivity index (χ1n) is 7.22. The van der Waals surface area contributed by atoms with Crippen molar-refractivity contribution in [2.75, 3.05) is 18.0 Å². The number of imide groups is 1. The van der Waals surface area contributed by atoms with Gasteiger partial charge in [-0.05, 0) is 12.5 Å². The van der Waals surface area contributed by atoms with E-state index in [1.54, 1.807) is 4.90 Å². The molecule has 1 unspecified atom stereocenters. The van der Waals surface area contributed by atoms with Crippen molar-refractivity contribution in [2.45, 2.75) is 18.8 Å². The van der Waals surface area contributed by atoms with Gasteiger partial charge in [0, 0.05) is 17.9 Å². The first-order valence-corrected chi connectivity index (χ1v) is 7.22. The van der Waals surface area contributed by atoms with Gasteiger partial charge in [0.25, 0.3) is 0 Å². The van der Waals surface area contributed by atoms with Crippen LogP contribution >= 0.6 is 0 Å². The Hall–Kier alpha value is -2.77. The summed E-state index contributed by atoms with van der Waals surface area (Å²) in [6.45, 7) is 0.354. The van der Waals surface area contributed by atoms with Crippen molar-refractivity contribution in [3.63, 3.8) is 0 Å². The number of hydrogen-bond acceptors (Lipinski definition) is 6. The number of carbonyl (C=O) groups is 3. The van der Waals surface area contributed by atoms with Gasteiger partial charge in [-0.2, -0.15) is 0 Å². The fourth-order valence-electron chi connectivity index (χ4n) is 2.96. The molecule has 8 heteroatoms. The van der Waals surface area contributed by atoms with Gasteiger partial charge in [0.15, 0.2) is 11.4 Å². The molecule has 7 nitrogen and oxygen atoms in total. The van der Waals surface area contributed by atoms with E-state index >= 15 is 0 Å². The molecule has 3 heterocycles. The number of anilines is 1. The number of amides is 2. The molecule has 23 heavy (non-hydrogen) atoms. The third-order valence-electron chi connectivity index (χ3n) is 4.21. The van der Waals surface area contributed by atoms with E-state index in [4.69, 9.17) is 4.52 Å². The average Bonchev–Trinajstić information content (AvgIpc) is 2.86. The van der Waals surface area contributed by atoms with Gasteiger partial charge in [-0.15, -0.1) is 0 Å². The zero-order valence-electron chi connectivity index (χ0n) is 12.0. The maximum absolute atomic E-state index is 14.3. The molecule has 2 aromatic rings. The Kier molecular flexibility index (Phi) is 2.93. The highest BCUT2D eigenvalue weighted by Gasteiger charge is 2.33. The van der Waals surface area contributed by atoms with Crippen LogP contribution < -0.4 is 10.2 Å². The van der Waals surface area contributed by atoms with E-state index in [0.29, 0.717) is 23.1 Å². The number of halogens is 1. The number of piperidine rings is 1. The summed E-state index contributed by atoms with van der Waals surface area (Å²) in [5.74, 6) is -1.86. The van der Waals surface area contributed by atoms with Crippen LogP contribution in [0.4, 0.5) is 10.1 Å².